The molecule has 0 spiro atoms. The maximum absolute atomic E-state index is 12.5. The molecule has 3 rings (SSSR count). The van der Waals surface area contributed by atoms with Gasteiger partial charge in [-0.15, -0.1) is 0 Å². The van der Waals surface area contributed by atoms with E-state index in [2.05, 4.69) is 5.16 Å². The predicted molar refractivity (Wildman–Crippen MR) is 89.5 cm³/mol. The van der Waals surface area contributed by atoms with E-state index in [0.29, 0.717) is 55.7 Å². The Morgan fingerprint density at radius 2 is 1.76 bits per heavy atom. The van der Waals surface area contributed by atoms with Gasteiger partial charge in [0.05, 0.1) is 40.3 Å². The summed E-state index contributed by atoms with van der Waals surface area (Å²) in [6.07, 6.45) is -0.207. The second-order valence-electron chi connectivity index (χ2n) is 5.69. The minimum atomic E-state index is -0.604. The first-order valence-corrected chi connectivity index (χ1v) is 8.07. The number of methoxy groups -OCH3 is 3. The Kier molecular flexibility index (Phi) is 5.28. The van der Waals surface area contributed by atoms with E-state index in [1.807, 2.05) is 0 Å². The Balaban J connectivity index is 1.76. The molecule has 0 aromatic heterocycles. The zero-order valence-electron chi connectivity index (χ0n) is 14.6. The molecule has 0 aliphatic carbocycles. The molecule has 2 aliphatic rings. The highest BCUT2D eigenvalue weighted by Crippen LogP contribution is 2.39. The summed E-state index contributed by atoms with van der Waals surface area (Å²) in [6, 6.07) is 3.59. The molecule has 0 bridgehead atoms. The molecule has 1 aromatic carbocycles. The van der Waals surface area contributed by atoms with E-state index in [1.165, 1.54) is 0 Å². The van der Waals surface area contributed by atoms with Crippen molar-refractivity contribution in [2.45, 2.75) is 12.5 Å². The molecule has 1 saturated heterocycles. The molecule has 8 nitrogen and oxygen atoms in total. The minimum Gasteiger partial charge on any atom is -0.493 e. The lowest BCUT2D eigenvalue weighted by Crippen LogP contribution is -2.45. The van der Waals surface area contributed by atoms with Gasteiger partial charge in [0.15, 0.2) is 11.5 Å². The van der Waals surface area contributed by atoms with Crippen molar-refractivity contribution in [2.24, 2.45) is 5.16 Å². The SMILES string of the molecule is COc1cc(C2=NO[C@H](C(=O)N3CCOCC3)C2)cc(OC)c1OC. The van der Waals surface area contributed by atoms with Crippen molar-refractivity contribution in [3.63, 3.8) is 0 Å². The number of rotatable bonds is 5. The van der Waals surface area contributed by atoms with Gasteiger partial charge < -0.3 is 28.7 Å². The lowest BCUT2D eigenvalue weighted by atomic mass is 10.0. The molecule has 8 heteroatoms. The Morgan fingerprint density at radius 1 is 1.12 bits per heavy atom. The van der Waals surface area contributed by atoms with Crippen molar-refractivity contribution in [1.29, 1.82) is 0 Å². The molecule has 2 heterocycles. The molecule has 0 radical (unpaired) electrons. The summed E-state index contributed by atoms with van der Waals surface area (Å²) in [5, 5.41) is 4.10. The van der Waals surface area contributed by atoms with Crippen LogP contribution >= 0.6 is 0 Å². The molecule has 1 aromatic rings. The van der Waals surface area contributed by atoms with E-state index in [0.717, 1.165) is 5.56 Å². The summed E-state index contributed by atoms with van der Waals surface area (Å²) in [5.74, 6) is 1.51. The molecule has 1 atom stereocenters. The zero-order valence-corrected chi connectivity index (χ0v) is 14.6. The number of hydrogen-bond acceptors (Lipinski definition) is 7. The van der Waals surface area contributed by atoms with Gasteiger partial charge >= 0.3 is 0 Å². The molecule has 1 amide bonds. The van der Waals surface area contributed by atoms with Crippen LogP contribution in [0.5, 0.6) is 17.2 Å². The zero-order chi connectivity index (χ0) is 17.8. The van der Waals surface area contributed by atoms with Gasteiger partial charge in [-0.3, -0.25) is 4.79 Å². The van der Waals surface area contributed by atoms with Crippen LogP contribution in [0.3, 0.4) is 0 Å². The second kappa shape index (κ2) is 7.60. The van der Waals surface area contributed by atoms with Gasteiger partial charge in [-0.05, 0) is 12.1 Å². The third kappa shape index (κ3) is 3.48. The number of amides is 1. The maximum Gasteiger partial charge on any atom is 0.267 e. The first-order valence-electron chi connectivity index (χ1n) is 8.07. The smallest absolute Gasteiger partial charge is 0.267 e. The van der Waals surface area contributed by atoms with Crippen LogP contribution in [0.4, 0.5) is 0 Å². The predicted octanol–water partition coefficient (Wildman–Crippen LogP) is 1.06. The van der Waals surface area contributed by atoms with Crippen LogP contribution < -0.4 is 14.2 Å². The summed E-state index contributed by atoms with van der Waals surface area (Å²) in [6.45, 7) is 2.27. The summed E-state index contributed by atoms with van der Waals surface area (Å²) >= 11 is 0. The van der Waals surface area contributed by atoms with Crippen LogP contribution in [0, 0.1) is 0 Å². The van der Waals surface area contributed by atoms with E-state index in [-0.39, 0.29) is 5.91 Å². The molecular weight excluding hydrogens is 328 g/mol. The lowest BCUT2D eigenvalue weighted by molar-refractivity contribution is -0.146. The van der Waals surface area contributed by atoms with Gasteiger partial charge in [0.25, 0.3) is 5.91 Å². The van der Waals surface area contributed by atoms with Gasteiger partial charge in [-0.25, -0.2) is 0 Å². The van der Waals surface area contributed by atoms with Crippen LogP contribution in [0.25, 0.3) is 0 Å². The fourth-order valence-corrected chi connectivity index (χ4v) is 2.92. The Bertz CT molecular complexity index is 644. The summed E-state index contributed by atoms with van der Waals surface area (Å²) < 4.78 is 21.3. The van der Waals surface area contributed by atoms with Crippen LogP contribution in [-0.2, 0) is 14.4 Å². The third-order valence-corrected chi connectivity index (χ3v) is 4.27. The average Bonchev–Trinajstić information content (AvgIpc) is 3.17. The topological polar surface area (TPSA) is 78.8 Å². The number of benzene rings is 1. The highest BCUT2D eigenvalue weighted by atomic mass is 16.6. The van der Waals surface area contributed by atoms with E-state index < -0.39 is 6.10 Å². The molecule has 25 heavy (non-hydrogen) atoms. The van der Waals surface area contributed by atoms with Crippen molar-refractivity contribution in [1.82, 2.24) is 4.90 Å². The standard InChI is InChI=1S/C17H22N2O6/c1-21-13-8-11(9-14(22-2)16(13)23-3)12-10-15(25-18-12)17(20)19-4-6-24-7-5-19/h8-9,15H,4-7,10H2,1-3H3/t15-/m0/s1. The van der Waals surface area contributed by atoms with Crippen LogP contribution in [0.15, 0.2) is 17.3 Å². The highest BCUT2D eigenvalue weighted by Gasteiger charge is 2.33. The molecule has 0 saturated carbocycles. The molecular formula is C17H22N2O6. The van der Waals surface area contributed by atoms with Crippen LogP contribution in [0.2, 0.25) is 0 Å². The third-order valence-electron chi connectivity index (χ3n) is 4.27. The van der Waals surface area contributed by atoms with Crippen molar-refractivity contribution in [3.05, 3.63) is 17.7 Å². The Hall–Kier alpha value is -2.48. The van der Waals surface area contributed by atoms with Crippen LogP contribution in [0.1, 0.15) is 12.0 Å². The van der Waals surface area contributed by atoms with Crippen molar-refractivity contribution < 1.29 is 28.6 Å². The number of hydrogen-bond donors (Lipinski definition) is 0. The molecule has 0 N–H and O–H groups in total. The van der Waals surface area contributed by atoms with Crippen LogP contribution in [-0.4, -0.2) is 70.3 Å². The number of morpholine rings is 1. The summed E-state index contributed by atoms with van der Waals surface area (Å²) in [5.41, 5.74) is 1.44. The van der Waals surface area contributed by atoms with Crippen molar-refractivity contribution >= 4 is 11.6 Å². The average molecular weight is 350 g/mol. The Morgan fingerprint density at radius 3 is 2.32 bits per heavy atom. The van der Waals surface area contributed by atoms with Gasteiger partial charge in [-0.2, -0.15) is 0 Å². The number of ether oxygens (including phenoxy) is 4. The maximum atomic E-state index is 12.5. The van der Waals surface area contributed by atoms with Gasteiger partial charge in [0, 0.05) is 25.1 Å². The second-order valence-corrected chi connectivity index (χ2v) is 5.69. The normalized spacial score (nSPS) is 19.9. The van der Waals surface area contributed by atoms with E-state index >= 15 is 0 Å². The highest BCUT2D eigenvalue weighted by molar-refractivity contribution is 6.04. The first-order chi connectivity index (χ1) is 12.2. The monoisotopic (exact) mass is 350 g/mol. The van der Waals surface area contributed by atoms with E-state index in [1.54, 1.807) is 38.4 Å². The van der Waals surface area contributed by atoms with Crippen molar-refractivity contribution in [3.8, 4) is 17.2 Å². The fourth-order valence-electron chi connectivity index (χ4n) is 2.92. The summed E-state index contributed by atoms with van der Waals surface area (Å²) in [7, 11) is 4.66. The van der Waals surface area contributed by atoms with Gasteiger partial charge in [0.2, 0.25) is 11.9 Å². The van der Waals surface area contributed by atoms with E-state index in [4.69, 9.17) is 23.8 Å². The number of nitrogens with zero attached hydrogens (tertiary/aromatic N) is 2. The quantitative estimate of drug-likeness (QED) is 0.790. The summed E-state index contributed by atoms with van der Waals surface area (Å²) in [4.78, 5) is 19.7. The largest absolute Gasteiger partial charge is 0.493 e. The Labute approximate surface area is 146 Å². The fraction of sp³-hybridized carbons (Fsp3) is 0.529. The van der Waals surface area contributed by atoms with Gasteiger partial charge in [0.1, 0.15) is 0 Å². The number of carbonyl (C=O) groups excluding carboxylic acids is 1. The molecule has 1 fully saturated rings. The minimum absolute atomic E-state index is 0.0607. The van der Waals surface area contributed by atoms with E-state index in [9.17, 15) is 4.79 Å². The number of carbonyl (C=O) groups is 1. The lowest BCUT2D eigenvalue weighted by Gasteiger charge is -2.28. The molecule has 2 aliphatic heterocycles. The number of oxime groups is 1. The van der Waals surface area contributed by atoms with Gasteiger partial charge in [-0.1, -0.05) is 5.16 Å². The molecule has 0 unspecified atom stereocenters. The molecule has 136 valence electrons. The first kappa shape index (κ1) is 17.3. The van der Waals surface area contributed by atoms with Crippen molar-refractivity contribution in [2.75, 3.05) is 47.6 Å².